The summed E-state index contributed by atoms with van der Waals surface area (Å²) in [6.45, 7) is 4.13. The Kier molecular flexibility index (Phi) is 4.17. The van der Waals surface area contributed by atoms with Gasteiger partial charge in [0.15, 0.2) is 0 Å². The van der Waals surface area contributed by atoms with Crippen LogP contribution in [0, 0.1) is 6.92 Å². The van der Waals surface area contributed by atoms with Crippen LogP contribution in [0.1, 0.15) is 28.5 Å². The third-order valence-electron chi connectivity index (χ3n) is 4.72. The fourth-order valence-corrected chi connectivity index (χ4v) is 3.48. The zero-order valence-electron chi connectivity index (χ0n) is 14.9. The fraction of sp³-hybridized carbons (Fsp3) is 0.182. The summed E-state index contributed by atoms with van der Waals surface area (Å²) in [4.78, 5) is 19.2. The van der Waals surface area contributed by atoms with Crippen molar-refractivity contribution in [3.8, 4) is 0 Å². The first-order chi connectivity index (χ1) is 12.6. The molecule has 0 saturated heterocycles. The molecule has 1 N–H and O–H groups in total. The van der Waals surface area contributed by atoms with Crippen LogP contribution in [0.4, 0.5) is 17.1 Å². The van der Waals surface area contributed by atoms with Crippen molar-refractivity contribution >= 4 is 23.0 Å². The number of para-hydroxylation sites is 1. The quantitative estimate of drug-likeness (QED) is 0.748. The molecule has 4 rings (SSSR count). The topological polar surface area (TPSA) is 45.2 Å². The van der Waals surface area contributed by atoms with Crippen LogP contribution < -0.4 is 10.2 Å². The molecule has 1 aliphatic rings. The number of nitrogens with one attached hydrogen (secondary N) is 1. The smallest absolute Gasteiger partial charge is 0.277 e. The average molecular weight is 343 g/mol. The summed E-state index contributed by atoms with van der Waals surface area (Å²) in [5, 5.41) is 3.32. The van der Waals surface area contributed by atoms with Gasteiger partial charge in [0.05, 0.1) is 11.9 Å². The van der Waals surface area contributed by atoms with Crippen LogP contribution in [0.25, 0.3) is 0 Å². The maximum Gasteiger partial charge on any atom is 0.277 e. The summed E-state index contributed by atoms with van der Waals surface area (Å²) in [5.74, 6) is -0.0513. The number of carbonyl (C=O) groups excluding carboxylic acids is 1. The van der Waals surface area contributed by atoms with Crippen molar-refractivity contribution in [1.82, 2.24) is 4.98 Å². The molecular formula is C22H21N3O. The first kappa shape index (κ1) is 16.3. The molecule has 130 valence electrons. The lowest BCUT2D eigenvalue weighted by Gasteiger charge is -2.22. The van der Waals surface area contributed by atoms with Crippen molar-refractivity contribution in [3.63, 3.8) is 0 Å². The highest BCUT2D eigenvalue weighted by Gasteiger charge is 2.31. The maximum atomic E-state index is 13.0. The van der Waals surface area contributed by atoms with Crippen LogP contribution in [-0.4, -0.2) is 16.9 Å². The SMILES string of the molecule is Cc1cccc(Nc2ccc(C(=O)N3c4ccccc4CC3C)nc2)c1. The van der Waals surface area contributed by atoms with Gasteiger partial charge in [-0.3, -0.25) is 4.79 Å². The van der Waals surface area contributed by atoms with Crippen LogP contribution in [-0.2, 0) is 6.42 Å². The van der Waals surface area contributed by atoms with E-state index >= 15 is 0 Å². The molecule has 4 nitrogen and oxygen atoms in total. The van der Waals surface area contributed by atoms with Gasteiger partial charge in [0.2, 0.25) is 0 Å². The average Bonchev–Trinajstić information content (AvgIpc) is 2.97. The molecule has 26 heavy (non-hydrogen) atoms. The molecule has 1 atom stereocenters. The molecule has 1 aliphatic heterocycles. The Morgan fingerprint density at radius 3 is 2.69 bits per heavy atom. The largest absolute Gasteiger partial charge is 0.354 e. The van der Waals surface area contributed by atoms with Crippen LogP contribution in [0.5, 0.6) is 0 Å². The molecule has 1 aromatic heterocycles. The Bertz CT molecular complexity index is 950. The van der Waals surface area contributed by atoms with Crippen molar-refractivity contribution in [2.75, 3.05) is 10.2 Å². The van der Waals surface area contributed by atoms with Crippen molar-refractivity contribution in [2.45, 2.75) is 26.3 Å². The molecule has 2 heterocycles. The van der Waals surface area contributed by atoms with Crippen LogP contribution in [0.15, 0.2) is 66.9 Å². The lowest BCUT2D eigenvalue weighted by atomic mass is 10.1. The minimum Gasteiger partial charge on any atom is -0.354 e. The number of pyridine rings is 1. The van der Waals surface area contributed by atoms with E-state index in [1.165, 1.54) is 11.1 Å². The third kappa shape index (κ3) is 3.06. The number of amides is 1. The van der Waals surface area contributed by atoms with Crippen LogP contribution in [0.2, 0.25) is 0 Å². The summed E-state index contributed by atoms with van der Waals surface area (Å²) in [6.07, 6.45) is 2.59. The van der Waals surface area contributed by atoms with Gasteiger partial charge in [0, 0.05) is 17.4 Å². The van der Waals surface area contributed by atoms with Gasteiger partial charge in [-0.15, -0.1) is 0 Å². The second-order valence-electron chi connectivity index (χ2n) is 6.78. The Morgan fingerprint density at radius 1 is 1.08 bits per heavy atom. The van der Waals surface area contributed by atoms with E-state index in [1.807, 2.05) is 41.3 Å². The molecule has 0 radical (unpaired) electrons. The van der Waals surface area contributed by atoms with Gasteiger partial charge in [-0.2, -0.15) is 0 Å². The normalized spacial score (nSPS) is 15.6. The minimum atomic E-state index is -0.0513. The number of aryl methyl sites for hydroxylation is 1. The molecule has 1 unspecified atom stereocenters. The molecule has 0 fully saturated rings. The van der Waals surface area contributed by atoms with E-state index in [-0.39, 0.29) is 11.9 Å². The van der Waals surface area contributed by atoms with Gasteiger partial charge in [0.25, 0.3) is 5.91 Å². The number of carbonyl (C=O) groups is 1. The standard InChI is InChI=1S/C22H21N3O/c1-15-6-5-8-18(12-15)24-19-10-11-20(23-14-19)22(26)25-16(2)13-17-7-3-4-9-21(17)25/h3-12,14,16,24H,13H2,1-2H3. The summed E-state index contributed by atoms with van der Waals surface area (Å²) in [5.41, 5.74) is 5.73. The van der Waals surface area contributed by atoms with E-state index in [4.69, 9.17) is 0 Å². The molecule has 4 heteroatoms. The lowest BCUT2D eigenvalue weighted by molar-refractivity contribution is 0.0976. The lowest BCUT2D eigenvalue weighted by Crippen LogP contribution is -2.36. The van der Waals surface area contributed by atoms with Crippen molar-refractivity contribution < 1.29 is 4.79 Å². The number of nitrogens with zero attached hydrogens (tertiary/aromatic N) is 2. The van der Waals surface area contributed by atoms with E-state index in [1.54, 1.807) is 12.3 Å². The first-order valence-corrected chi connectivity index (χ1v) is 8.83. The Balaban J connectivity index is 1.54. The highest BCUT2D eigenvalue weighted by Crippen LogP contribution is 2.32. The second kappa shape index (κ2) is 6.64. The van der Waals surface area contributed by atoms with E-state index in [2.05, 4.69) is 42.3 Å². The molecule has 0 spiro atoms. The summed E-state index contributed by atoms with van der Waals surface area (Å²) in [6, 6.07) is 20.1. The fourth-order valence-electron chi connectivity index (χ4n) is 3.48. The predicted octanol–water partition coefficient (Wildman–Crippen LogP) is 4.73. The molecule has 0 aliphatic carbocycles. The van der Waals surface area contributed by atoms with Gasteiger partial charge >= 0.3 is 0 Å². The van der Waals surface area contributed by atoms with Gasteiger partial charge in [-0.1, -0.05) is 30.3 Å². The number of benzene rings is 2. The Hall–Kier alpha value is -3.14. The van der Waals surface area contributed by atoms with E-state index in [0.29, 0.717) is 5.69 Å². The monoisotopic (exact) mass is 343 g/mol. The number of hydrogen-bond acceptors (Lipinski definition) is 3. The van der Waals surface area contributed by atoms with Gasteiger partial charge in [0.1, 0.15) is 5.69 Å². The molecular weight excluding hydrogens is 322 g/mol. The molecule has 0 bridgehead atoms. The zero-order valence-corrected chi connectivity index (χ0v) is 14.9. The number of aromatic nitrogens is 1. The molecule has 0 saturated carbocycles. The van der Waals surface area contributed by atoms with Crippen molar-refractivity contribution in [2.24, 2.45) is 0 Å². The molecule has 1 amide bonds. The summed E-state index contributed by atoms with van der Waals surface area (Å²) in [7, 11) is 0. The van der Waals surface area contributed by atoms with Crippen molar-refractivity contribution in [1.29, 1.82) is 0 Å². The highest BCUT2D eigenvalue weighted by molar-refractivity contribution is 6.06. The molecule has 3 aromatic rings. The van der Waals surface area contributed by atoms with Crippen LogP contribution in [0.3, 0.4) is 0 Å². The summed E-state index contributed by atoms with van der Waals surface area (Å²) < 4.78 is 0. The highest BCUT2D eigenvalue weighted by atomic mass is 16.2. The van der Waals surface area contributed by atoms with Crippen LogP contribution >= 0.6 is 0 Å². The number of rotatable bonds is 3. The molecule has 2 aromatic carbocycles. The predicted molar refractivity (Wildman–Crippen MR) is 105 cm³/mol. The number of fused-ring (bicyclic) bond motifs is 1. The van der Waals surface area contributed by atoms with Crippen molar-refractivity contribution in [3.05, 3.63) is 83.7 Å². The third-order valence-corrected chi connectivity index (χ3v) is 4.72. The van der Waals surface area contributed by atoms with Gasteiger partial charge in [-0.25, -0.2) is 4.98 Å². The van der Waals surface area contributed by atoms with E-state index in [9.17, 15) is 4.79 Å². The van der Waals surface area contributed by atoms with Gasteiger partial charge < -0.3 is 10.2 Å². The second-order valence-corrected chi connectivity index (χ2v) is 6.78. The number of anilines is 3. The van der Waals surface area contributed by atoms with Gasteiger partial charge in [-0.05, 0) is 61.7 Å². The first-order valence-electron chi connectivity index (χ1n) is 8.83. The minimum absolute atomic E-state index is 0.0513. The Labute approximate surface area is 153 Å². The maximum absolute atomic E-state index is 13.0. The number of hydrogen-bond donors (Lipinski definition) is 1. The summed E-state index contributed by atoms with van der Waals surface area (Å²) >= 11 is 0. The Morgan fingerprint density at radius 2 is 1.92 bits per heavy atom. The zero-order chi connectivity index (χ0) is 18.1. The van der Waals surface area contributed by atoms with E-state index in [0.717, 1.165) is 23.5 Å². The van der Waals surface area contributed by atoms with E-state index < -0.39 is 0 Å².